The second kappa shape index (κ2) is 4.76. The molecule has 1 aromatic heterocycles. The number of hydrogen-bond donors (Lipinski definition) is 1. The van der Waals surface area contributed by atoms with Crippen molar-refractivity contribution in [2.24, 2.45) is 5.73 Å². The lowest BCUT2D eigenvalue weighted by Gasteiger charge is -2.06. The lowest BCUT2D eigenvalue weighted by molar-refractivity contribution is 0.0511. The number of esters is 1. The maximum Gasteiger partial charge on any atom is 0.356 e. The molecule has 0 aliphatic rings. The van der Waals surface area contributed by atoms with Gasteiger partial charge in [0.15, 0.2) is 0 Å². The van der Waals surface area contributed by atoms with E-state index in [-0.39, 0.29) is 5.97 Å². The van der Waals surface area contributed by atoms with Crippen molar-refractivity contribution < 1.29 is 9.53 Å². The molecular weight excluding hydrogens is 182 g/mol. The number of ether oxygens (including phenoxy) is 1. The van der Waals surface area contributed by atoms with Crippen LogP contribution in [0.4, 0.5) is 0 Å². The smallest absolute Gasteiger partial charge is 0.356 e. The van der Waals surface area contributed by atoms with Gasteiger partial charge in [0.1, 0.15) is 5.69 Å². The van der Waals surface area contributed by atoms with Gasteiger partial charge in [-0.25, -0.2) is 4.79 Å². The zero-order valence-corrected chi connectivity index (χ0v) is 8.49. The number of nitrogens with two attached hydrogens (primary N) is 1. The molecule has 5 heteroatoms. The van der Waals surface area contributed by atoms with E-state index in [4.69, 9.17) is 10.5 Å². The molecule has 14 heavy (non-hydrogen) atoms. The molecule has 5 nitrogen and oxygen atoms in total. The Morgan fingerprint density at radius 3 is 3.00 bits per heavy atom. The van der Waals surface area contributed by atoms with Crippen molar-refractivity contribution in [3.8, 4) is 0 Å². The number of carbonyl (C=O) groups is 1. The predicted octanol–water partition coefficient (Wildman–Crippen LogP) is 0.327. The largest absolute Gasteiger partial charge is 0.461 e. The van der Waals surface area contributed by atoms with Gasteiger partial charge in [-0.15, -0.1) is 0 Å². The maximum absolute atomic E-state index is 11.5. The van der Waals surface area contributed by atoms with Crippen LogP contribution in [0.5, 0.6) is 0 Å². The van der Waals surface area contributed by atoms with Crippen molar-refractivity contribution in [1.82, 2.24) is 9.78 Å². The number of hydrogen-bond acceptors (Lipinski definition) is 4. The molecule has 1 rings (SSSR count). The molecular formula is C9H15N3O2. The topological polar surface area (TPSA) is 70.1 Å². The average molecular weight is 197 g/mol. The van der Waals surface area contributed by atoms with Crippen molar-refractivity contribution in [1.29, 1.82) is 0 Å². The summed E-state index contributed by atoms with van der Waals surface area (Å²) < 4.78 is 6.49. The highest BCUT2D eigenvalue weighted by Gasteiger charge is 2.16. The molecule has 0 aromatic carbocycles. The third-order valence-corrected chi connectivity index (χ3v) is 1.83. The summed E-state index contributed by atoms with van der Waals surface area (Å²) in [6, 6.07) is 0. The summed E-state index contributed by atoms with van der Waals surface area (Å²) in [5.74, 6) is -0.337. The van der Waals surface area contributed by atoms with Crippen LogP contribution >= 0.6 is 0 Å². The standard InChI is InChI=1S/C9H15N3O2/c1-3-14-9(13)8-7(2)6-11-12(8)5-4-10/h6H,3-5,10H2,1-2H3. The van der Waals surface area contributed by atoms with Gasteiger partial charge in [0, 0.05) is 12.1 Å². The van der Waals surface area contributed by atoms with Crippen LogP contribution in [0.1, 0.15) is 23.0 Å². The molecule has 0 saturated heterocycles. The van der Waals surface area contributed by atoms with E-state index in [0.29, 0.717) is 25.4 Å². The van der Waals surface area contributed by atoms with Crippen LogP contribution in [0, 0.1) is 6.92 Å². The first kappa shape index (κ1) is 10.7. The maximum atomic E-state index is 11.5. The van der Waals surface area contributed by atoms with Crippen LogP contribution in [0.2, 0.25) is 0 Å². The van der Waals surface area contributed by atoms with E-state index in [2.05, 4.69) is 5.10 Å². The Bertz CT molecular complexity index is 320. The number of carbonyl (C=O) groups excluding carboxylic acids is 1. The van der Waals surface area contributed by atoms with Crippen molar-refractivity contribution in [3.63, 3.8) is 0 Å². The summed E-state index contributed by atoms with van der Waals surface area (Å²) in [7, 11) is 0. The molecule has 78 valence electrons. The second-order valence-electron chi connectivity index (χ2n) is 2.91. The van der Waals surface area contributed by atoms with Gasteiger partial charge < -0.3 is 10.5 Å². The molecule has 0 atom stereocenters. The zero-order chi connectivity index (χ0) is 10.6. The summed E-state index contributed by atoms with van der Waals surface area (Å²) >= 11 is 0. The highest BCUT2D eigenvalue weighted by molar-refractivity contribution is 5.89. The first-order valence-corrected chi connectivity index (χ1v) is 4.60. The fourth-order valence-electron chi connectivity index (χ4n) is 1.24. The van der Waals surface area contributed by atoms with Gasteiger partial charge >= 0.3 is 5.97 Å². The zero-order valence-electron chi connectivity index (χ0n) is 8.49. The SMILES string of the molecule is CCOC(=O)c1c(C)cnn1CCN. The fraction of sp³-hybridized carbons (Fsp3) is 0.556. The molecule has 1 aromatic rings. The summed E-state index contributed by atoms with van der Waals surface area (Å²) in [5, 5.41) is 4.04. The normalized spacial score (nSPS) is 10.2. The van der Waals surface area contributed by atoms with E-state index in [1.54, 1.807) is 17.8 Å². The van der Waals surface area contributed by atoms with Gasteiger partial charge in [-0.3, -0.25) is 4.68 Å². The van der Waals surface area contributed by atoms with E-state index in [1.165, 1.54) is 0 Å². The third kappa shape index (κ3) is 2.11. The van der Waals surface area contributed by atoms with E-state index in [9.17, 15) is 4.79 Å². The van der Waals surface area contributed by atoms with Crippen LogP contribution < -0.4 is 5.73 Å². The molecule has 0 aliphatic carbocycles. The molecule has 0 spiro atoms. The van der Waals surface area contributed by atoms with Crippen LogP contribution in [-0.4, -0.2) is 28.9 Å². The summed E-state index contributed by atoms with van der Waals surface area (Å²) in [6.07, 6.45) is 1.64. The second-order valence-corrected chi connectivity index (χ2v) is 2.91. The molecule has 0 saturated carbocycles. The van der Waals surface area contributed by atoms with E-state index in [0.717, 1.165) is 5.56 Å². The highest BCUT2D eigenvalue weighted by atomic mass is 16.5. The number of nitrogens with zero attached hydrogens (tertiary/aromatic N) is 2. The first-order chi connectivity index (χ1) is 6.70. The van der Waals surface area contributed by atoms with Gasteiger partial charge in [0.2, 0.25) is 0 Å². The predicted molar refractivity (Wildman–Crippen MR) is 52.0 cm³/mol. The molecule has 0 radical (unpaired) electrons. The molecule has 1 heterocycles. The lowest BCUT2D eigenvalue weighted by atomic mass is 10.3. The summed E-state index contributed by atoms with van der Waals surface area (Å²) in [4.78, 5) is 11.5. The average Bonchev–Trinajstić information content (AvgIpc) is 2.48. The minimum Gasteiger partial charge on any atom is -0.461 e. The van der Waals surface area contributed by atoms with Crippen LogP contribution in [0.15, 0.2) is 6.20 Å². The Morgan fingerprint density at radius 1 is 1.71 bits per heavy atom. The Labute approximate surface area is 82.8 Å². The molecule has 0 aliphatic heterocycles. The minimum absolute atomic E-state index is 0.337. The van der Waals surface area contributed by atoms with Crippen molar-refractivity contribution in [2.75, 3.05) is 13.2 Å². The fourth-order valence-corrected chi connectivity index (χ4v) is 1.24. The van der Waals surface area contributed by atoms with Crippen molar-refractivity contribution >= 4 is 5.97 Å². The monoisotopic (exact) mass is 197 g/mol. The van der Waals surface area contributed by atoms with E-state index < -0.39 is 0 Å². The molecule has 2 N–H and O–H groups in total. The number of aryl methyl sites for hydroxylation is 1. The number of rotatable bonds is 4. The molecule has 0 fully saturated rings. The molecule has 0 amide bonds. The number of aromatic nitrogens is 2. The molecule has 0 unspecified atom stereocenters. The summed E-state index contributed by atoms with van der Waals surface area (Å²) in [6.45, 7) is 4.95. The minimum atomic E-state index is -0.337. The van der Waals surface area contributed by atoms with Gasteiger partial charge in [-0.05, 0) is 13.8 Å². The summed E-state index contributed by atoms with van der Waals surface area (Å²) in [5.41, 5.74) is 6.71. The van der Waals surface area contributed by atoms with Crippen LogP contribution in [0.25, 0.3) is 0 Å². The van der Waals surface area contributed by atoms with Crippen molar-refractivity contribution in [2.45, 2.75) is 20.4 Å². The quantitative estimate of drug-likeness (QED) is 0.706. The van der Waals surface area contributed by atoms with Gasteiger partial charge in [-0.1, -0.05) is 0 Å². The Balaban J connectivity index is 2.92. The van der Waals surface area contributed by atoms with E-state index >= 15 is 0 Å². The third-order valence-electron chi connectivity index (χ3n) is 1.83. The Hall–Kier alpha value is -1.36. The van der Waals surface area contributed by atoms with Crippen molar-refractivity contribution in [3.05, 3.63) is 17.5 Å². The van der Waals surface area contributed by atoms with Gasteiger partial charge in [-0.2, -0.15) is 5.10 Å². The van der Waals surface area contributed by atoms with Gasteiger partial charge in [0.25, 0.3) is 0 Å². The first-order valence-electron chi connectivity index (χ1n) is 4.60. The van der Waals surface area contributed by atoms with E-state index in [1.807, 2.05) is 6.92 Å². The Morgan fingerprint density at radius 2 is 2.43 bits per heavy atom. The highest BCUT2D eigenvalue weighted by Crippen LogP contribution is 2.08. The lowest BCUT2D eigenvalue weighted by Crippen LogP contribution is -2.18. The Kier molecular flexibility index (Phi) is 3.64. The molecule has 0 bridgehead atoms. The van der Waals surface area contributed by atoms with Gasteiger partial charge in [0.05, 0.1) is 19.3 Å². The van der Waals surface area contributed by atoms with Crippen LogP contribution in [-0.2, 0) is 11.3 Å². The van der Waals surface area contributed by atoms with Crippen LogP contribution in [0.3, 0.4) is 0 Å².